The summed E-state index contributed by atoms with van der Waals surface area (Å²) in [5, 5.41) is 4.66. The number of nitrogens with zero attached hydrogens (tertiary/aromatic N) is 1. The summed E-state index contributed by atoms with van der Waals surface area (Å²) in [6, 6.07) is 11.9. The summed E-state index contributed by atoms with van der Waals surface area (Å²) < 4.78 is 49.7. The Kier molecular flexibility index (Phi) is 8.85. The molecule has 1 aliphatic carbocycles. The van der Waals surface area contributed by atoms with Crippen molar-refractivity contribution in [2.45, 2.75) is 95.7 Å². The molecule has 2 aromatic carbocycles. The number of hydrogen-bond donors (Lipinski definition) is 2. The third-order valence-corrected chi connectivity index (χ3v) is 8.14. The first-order valence-corrected chi connectivity index (χ1v) is 14.8. The van der Waals surface area contributed by atoms with E-state index in [9.17, 15) is 27.6 Å². The molecule has 43 heavy (non-hydrogen) atoms. The number of ether oxygens (including phenoxy) is 2. The lowest BCUT2D eigenvalue weighted by Crippen LogP contribution is -2.48. The number of halogens is 4. The minimum Gasteiger partial charge on any atom is -0.444 e. The Bertz CT molecular complexity index is 1400. The number of amides is 3. The number of hydrogen-bond acceptors (Lipinski definition) is 5. The van der Waals surface area contributed by atoms with Gasteiger partial charge in [-0.3, -0.25) is 9.69 Å². The first-order valence-electron chi connectivity index (χ1n) is 14.0. The largest absolute Gasteiger partial charge is 0.471 e. The van der Waals surface area contributed by atoms with Crippen molar-refractivity contribution in [1.29, 1.82) is 0 Å². The lowest BCUT2D eigenvalue weighted by Gasteiger charge is -2.29. The molecule has 3 amide bonds. The monoisotopic (exact) mass is 667 g/mol. The summed E-state index contributed by atoms with van der Waals surface area (Å²) in [5.41, 5.74) is 1.41. The molecule has 4 rings (SSSR count). The summed E-state index contributed by atoms with van der Waals surface area (Å²) in [5.74, 6) is -2.09. The maximum absolute atomic E-state index is 13.3. The normalized spacial score (nSPS) is 19.0. The van der Waals surface area contributed by atoms with E-state index in [4.69, 9.17) is 9.47 Å². The first-order chi connectivity index (χ1) is 19.8. The van der Waals surface area contributed by atoms with Gasteiger partial charge in [-0.1, -0.05) is 51.1 Å². The molecular formula is C31H37BrF3N3O5. The van der Waals surface area contributed by atoms with Crippen LogP contribution < -0.4 is 10.6 Å². The molecule has 0 spiro atoms. The maximum atomic E-state index is 13.3. The minimum atomic E-state index is -5.04. The van der Waals surface area contributed by atoms with Crippen molar-refractivity contribution in [2.24, 2.45) is 0 Å². The molecule has 234 valence electrons. The summed E-state index contributed by atoms with van der Waals surface area (Å²) in [7, 11) is 0. The molecule has 12 heteroatoms. The van der Waals surface area contributed by atoms with Crippen LogP contribution in [0.2, 0.25) is 0 Å². The van der Waals surface area contributed by atoms with Crippen LogP contribution in [-0.2, 0) is 31.6 Å². The van der Waals surface area contributed by atoms with E-state index in [1.807, 2.05) is 17.4 Å². The molecule has 2 atom stereocenters. The van der Waals surface area contributed by atoms with E-state index in [-0.39, 0.29) is 28.5 Å². The number of carbonyl (C=O) groups is 3. The Morgan fingerprint density at radius 1 is 1.09 bits per heavy atom. The fraction of sp³-hybridized carbons (Fsp3) is 0.516. The lowest BCUT2D eigenvalue weighted by atomic mass is 9.85. The number of anilines is 1. The van der Waals surface area contributed by atoms with Gasteiger partial charge in [0.1, 0.15) is 11.7 Å². The molecule has 0 aromatic heterocycles. The second-order valence-corrected chi connectivity index (χ2v) is 14.0. The molecule has 1 saturated heterocycles. The summed E-state index contributed by atoms with van der Waals surface area (Å²) in [6.45, 7) is 11.8. The summed E-state index contributed by atoms with van der Waals surface area (Å²) >= 11 is 3.22. The van der Waals surface area contributed by atoms with Crippen LogP contribution in [0.4, 0.5) is 28.4 Å². The Morgan fingerprint density at radius 2 is 1.77 bits per heavy atom. The molecule has 0 bridgehead atoms. The van der Waals surface area contributed by atoms with Crippen molar-refractivity contribution in [3.63, 3.8) is 0 Å². The van der Waals surface area contributed by atoms with Crippen molar-refractivity contribution in [2.75, 3.05) is 11.9 Å². The highest BCUT2D eigenvalue weighted by Gasteiger charge is 2.56. The van der Waals surface area contributed by atoms with Crippen molar-refractivity contribution in [3.05, 3.63) is 63.6 Å². The number of alkyl carbamates (subject to hydrolysis) is 1. The third kappa shape index (κ3) is 7.82. The Labute approximate surface area is 257 Å². The molecule has 1 heterocycles. The van der Waals surface area contributed by atoms with Gasteiger partial charge < -0.3 is 20.1 Å². The number of alkyl halides is 3. The topological polar surface area (TPSA) is 97.0 Å². The van der Waals surface area contributed by atoms with E-state index in [1.54, 1.807) is 31.7 Å². The smallest absolute Gasteiger partial charge is 0.444 e. The number of rotatable bonds is 7. The maximum Gasteiger partial charge on any atom is 0.471 e. The minimum absolute atomic E-state index is 0.0608. The van der Waals surface area contributed by atoms with Crippen LogP contribution >= 0.6 is 15.9 Å². The Morgan fingerprint density at radius 3 is 2.33 bits per heavy atom. The van der Waals surface area contributed by atoms with E-state index in [0.29, 0.717) is 5.56 Å². The van der Waals surface area contributed by atoms with Gasteiger partial charge in [0, 0.05) is 4.47 Å². The molecule has 2 aliphatic rings. The quantitative estimate of drug-likeness (QED) is 0.326. The van der Waals surface area contributed by atoms with Crippen LogP contribution in [0.3, 0.4) is 0 Å². The molecule has 1 saturated carbocycles. The van der Waals surface area contributed by atoms with E-state index in [0.717, 1.165) is 24.0 Å². The number of nitrogens with one attached hydrogen (secondary N) is 2. The van der Waals surface area contributed by atoms with Gasteiger partial charge in [-0.2, -0.15) is 13.2 Å². The van der Waals surface area contributed by atoms with Gasteiger partial charge in [0.05, 0.1) is 23.8 Å². The van der Waals surface area contributed by atoms with Gasteiger partial charge in [0.15, 0.2) is 0 Å². The van der Waals surface area contributed by atoms with E-state index < -0.39 is 47.6 Å². The number of benzene rings is 2. The summed E-state index contributed by atoms with van der Waals surface area (Å²) in [4.78, 5) is 39.3. The SMILES string of the molecule is CC(C)(C)OC(=O)NC(Cc1ccc(NC(=O)C(F)(F)F)c(Br)c1)C1CN(C2(c3cccc(C(C)(C)C)c3)CC2)C(=O)O1. The first kappa shape index (κ1) is 32.6. The fourth-order valence-corrected chi connectivity index (χ4v) is 5.65. The van der Waals surface area contributed by atoms with E-state index in [1.165, 1.54) is 12.1 Å². The van der Waals surface area contributed by atoms with E-state index in [2.05, 4.69) is 54.2 Å². The molecule has 0 radical (unpaired) electrons. The van der Waals surface area contributed by atoms with Gasteiger partial charge in [-0.25, -0.2) is 9.59 Å². The zero-order valence-electron chi connectivity index (χ0n) is 25.0. The van der Waals surface area contributed by atoms with Crippen LogP contribution in [0.5, 0.6) is 0 Å². The number of cyclic esters (lactones) is 1. The van der Waals surface area contributed by atoms with Crippen molar-refractivity contribution in [1.82, 2.24) is 10.2 Å². The highest BCUT2D eigenvalue weighted by Crippen LogP contribution is 2.53. The third-order valence-electron chi connectivity index (χ3n) is 7.49. The summed E-state index contributed by atoms with van der Waals surface area (Å²) in [6.07, 6.45) is -5.21. The van der Waals surface area contributed by atoms with Crippen LogP contribution in [0.1, 0.15) is 71.1 Å². The van der Waals surface area contributed by atoms with Crippen molar-refractivity contribution in [3.8, 4) is 0 Å². The van der Waals surface area contributed by atoms with Crippen LogP contribution in [0.25, 0.3) is 0 Å². The molecule has 2 unspecified atom stereocenters. The second kappa shape index (κ2) is 11.7. The Hall–Kier alpha value is -3.28. The molecule has 2 fully saturated rings. The van der Waals surface area contributed by atoms with Gasteiger partial charge in [-0.05, 0) is 90.2 Å². The van der Waals surface area contributed by atoms with Crippen molar-refractivity contribution >= 4 is 39.7 Å². The van der Waals surface area contributed by atoms with Crippen LogP contribution in [0.15, 0.2) is 46.9 Å². The molecule has 2 aromatic rings. The zero-order valence-corrected chi connectivity index (χ0v) is 26.6. The second-order valence-electron chi connectivity index (χ2n) is 13.1. The van der Waals surface area contributed by atoms with Crippen LogP contribution in [0, 0.1) is 0 Å². The predicted molar refractivity (Wildman–Crippen MR) is 159 cm³/mol. The van der Waals surface area contributed by atoms with Gasteiger partial charge >= 0.3 is 24.3 Å². The fourth-order valence-electron chi connectivity index (χ4n) is 5.12. The average Bonchev–Trinajstić information content (AvgIpc) is 3.58. The van der Waals surface area contributed by atoms with Gasteiger partial charge in [0.2, 0.25) is 0 Å². The Balaban J connectivity index is 1.57. The predicted octanol–water partition coefficient (Wildman–Crippen LogP) is 7.19. The highest BCUT2D eigenvalue weighted by atomic mass is 79.9. The molecular weight excluding hydrogens is 631 g/mol. The standard InChI is InChI=1S/C31H37BrF3N3O5/c1-28(2,3)19-8-7-9-20(16-19)30(12-13-30)38-17-24(42-27(38)41)23(37-26(40)43-29(4,5)6)15-18-10-11-22(21(32)14-18)36-25(39)31(33,34)35/h7-11,14,16,23-24H,12-13,15,17H2,1-6H3,(H,36,39)(H,37,40). The highest BCUT2D eigenvalue weighted by molar-refractivity contribution is 9.10. The lowest BCUT2D eigenvalue weighted by molar-refractivity contribution is -0.167. The van der Waals surface area contributed by atoms with Gasteiger partial charge in [0.25, 0.3) is 0 Å². The molecule has 1 aliphatic heterocycles. The van der Waals surface area contributed by atoms with Crippen LogP contribution in [-0.4, -0.2) is 53.5 Å². The van der Waals surface area contributed by atoms with E-state index >= 15 is 0 Å². The van der Waals surface area contributed by atoms with Gasteiger partial charge in [-0.15, -0.1) is 0 Å². The number of carbonyl (C=O) groups excluding carboxylic acids is 3. The molecule has 8 nitrogen and oxygen atoms in total. The zero-order chi connectivity index (χ0) is 32.0. The molecule has 2 N–H and O–H groups in total. The van der Waals surface area contributed by atoms with Crippen molar-refractivity contribution < 1.29 is 37.0 Å². The average molecular weight is 669 g/mol.